The third-order valence-corrected chi connectivity index (χ3v) is 6.82. The molecule has 2 aromatic rings. The van der Waals surface area contributed by atoms with Crippen LogP contribution in [0.2, 0.25) is 0 Å². The van der Waals surface area contributed by atoms with Crippen molar-refractivity contribution in [1.29, 1.82) is 0 Å². The molecule has 0 unspecified atom stereocenters. The number of carbonyl (C=O) groups excluding carboxylic acids is 2. The first-order valence-corrected chi connectivity index (χ1v) is 11.4. The molecule has 4 rings (SSSR count). The Morgan fingerprint density at radius 3 is 2.42 bits per heavy atom. The van der Waals surface area contributed by atoms with Crippen LogP contribution in [0, 0.1) is 0 Å². The highest BCUT2D eigenvalue weighted by atomic mass is 16.5. The molecule has 1 amide bonds. The zero-order valence-electron chi connectivity index (χ0n) is 18.5. The maximum absolute atomic E-state index is 13.0. The molecule has 2 aliphatic heterocycles. The Labute approximate surface area is 185 Å². The number of hydrogen-bond acceptors (Lipinski definition) is 4. The third kappa shape index (κ3) is 4.24. The SMILES string of the molecule is CCOC(=O)C1(c2ccccc2)CCN(CCC(=O)N2c3ccccc3C[C@@H]2C)CC1. The van der Waals surface area contributed by atoms with Gasteiger partial charge in [0.05, 0.1) is 12.0 Å². The summed E-state index contributed by atoms with van der Waals surface area (Å²) in [6.07, 6.45) is 2.85. The molecule has 1 saturated heterocycles. The molecular formula is C26H32N2O3. The van der Waals surface area contributed by atoms with E-state index in [1.807, 2.05) is 60.4 Å². The van der Waals surface area contributed by atoms with Crippen LogP contribution in [0.4, 0.5) is 5.69 Å². The van der Waals surface area contributed by atoms with Crippen molar-refractivity contribution >= 4 is 17.6 Å². The molecule has 1 atom stereocenters. The molecule has 0 aromatic heterocycles. The highest BCUT2D eigenvalue weighted by Gasteiger charge is 2.44. The summed E-state index contributed by atoms with van der Waals surface area (Å²) in [4.78, 5) is 30.2. The second-order valence-electron chi connectivity index (χ2n) is 8.71. The summed E-state index contributed by atoms with van der Waals surface area (Å²) in [5.74, 6) is 0.0576. The zero-order chi connectivity index (χ0) is 21.8. The van der Waals surface area contributed by atoms with E-state index < -0.39 is 5.41 Å². The fraction of sp³-hybridized carbons (Fsp3) is 0.462. The molecule has 0 spiro atoms. The quantitative estimate of drug-likeness (QED) is 0.664. The van der Waals surface area contributed by atoms with Gasteiger partial charge < -0.3 is 14.5 Å². The first-order valence-electron chi connectivity index (χ1n) is 11.4. The van der Waals surface area contributed by atoms with Gasteiger partial charge in [0.15, 0.2) is 0 Å². The number of nitrogens with zero attached hydrogens (tertiary/aromatic N) is 2. The van der Waals surface area contributed by atoms with E-state index in [1.54, 1.807) is 0 Å². The zero-order valence-corrected chi connectivity index (χ0v) is 18.5. The number of ether oxygens (including phenoxy) is 1. The molecule has 0 N–H and O–H groups in total. The predicted octanol–water partition coefficient (Wildman–Crippen LogP) is 3.95. The van der Waals surface area contributed by atoms with Crippen LogP contribution >= 0.6 is 0 Å². The van der Waals surface area contributed by atoms with Crippen molar-refractivity contribution in [2.24, 2.45) is 0 Å². The Kier molecular flexibility index (Phi) is 6.42. The minimum Gasteiger partial charge on any atom is -0.465 e. The molecule has 5 heteroatoms. The standard InChI is InChI=1S/C26H32N2O3/c1-3-31-25(30)26(22-10-5-4-6-11-22)14-17-27(18-15-26)16-13-24(29)28-20(2)19-21-9-7-8-12-23(21)28/h4-12,20H,3,13-19H2,1-2H3/t20-/m0/s1. The van der Waals surface area contributed by atoms with E-state index in [0.29, 0.717) is 25.9 Å². The summed E-state index contributed by atoms with van der Waals surface area (Å²) in [7, 11) is 0. The lowest BCUT2D eigenvalue weighted by atomic mass is 9.72. The molecule has 1 fully saturated rings. The van der Waals surface area contributed by atoms with Crippen molar-refractivity contribution in [2.75, 3.05) is 31.1 Å². The van der Waals surface area contributed by atoms with Gasteiger partial charge in [-0.05, 0) is 63.4 Å². The molecule has 2 heterocycles. The number of piperidine rings is 1. The predicted molar refractivity (Wildman–Crippen MR) is 122 cm³/mol. The van der Waals surface area contributed by atoms with E-state index >= 15 is 0 Å². The van der Waals surface area contributed by atoms with Gasteiger partial charge in [0, 0.05) is 24.7 Å². The molecule has 0 aliphatic carbocycles. The van der Waals surface area contributed by atoms with Crippen LogP contribution in [0.15, 0.2) is 54.6 Å². The van der Waals surface area contributed by atoms with E-state index in [9.17, 15) is 9.59 Å². The van der Waals surface area contributed by atoms with Crippen molar-refractivity contribution in [3.05, 3.63) is 65.7 Å². The molecule has 164 valence electrons. The number of benzene rings is 2. The smallest absolute Gasteiger partial charge is 0.316 e. The van der Waals surface area contributed by atoms with E-state index in [0.717, 1.165) is 37.3 Å². The minimum absolute atomic E-state index is 0.126. The van der Waals surface area contributed by atoms with Gasteiger partial charge in [-0.15, -0.1) is 0 Å². The first-order chi connectivity index (χ1) is 15.0. The van der Waals surface area contributed by atoms with Crippen molar-refractivity contribution in [2.45, 2.75) is 51.0 Å². The van der Waals surface area contributed by atoms with Crippen molar-refractivity contribution in [1.82, 2.24) is 4.90 Å². The van der Waals surface area contributed by atoms with Crippen molar-refractivity contribution < 1.29 is 14.3 Å². The highest BCUT2D eigenvalue weighted by Crippen LogP contribution is 2.37. The Bertz CT molecular complexity index is 919. The number of para-hydroxylation sites is 1. The van der Waals surface area contributed by atoms with Gasteiger partial charge in [-0.2, -0.15) is 0 Å². The number of esters is 1. The average molecular weight is 421 g/mol. The van der Waals surface area contributed by atoms with Crippen LogP contribution < -0.4 is 4.90 Å². The Balaban J connectivity index is 1.38. The molecule has 31 heavy (non-hydrogen) atoms. The van der Waals surface area contributed by atoms with Gasteiger partial charge in [0.25, 0.3) is 0 Å². The maximum atomic E-state index is 13.0. The second kappa shape index (κ2) is 9.23. The number of anilines is 1. The van der Waals surface area contributed by atoms with Gasteiger partial charge in [0.1, 0.15) is 0 Å². The summed E-state index contributed by atoms with van der Waals surface area (Å²) in [6, 6.07) is 18.4. The van der Waals surface area contributed by atoms with Crippen LogP contribution in [0.25, 0.3) is 0 Å². The lowest BCUT2D eigenvalue weighted by Crippen LogP contribution is -2.49. The van der Waals surface area contributed by atoms with E-state index in [2.05, 4.69) is 17.9 Å². The third-order valence-electron chi connectivity index (χ3n) is 6.82. The van der Waals surface area contributed by atoms with Gasteiger partial charge in [-0.1, -0.05) is 48.5 Å². The summed E-state index contributed by atoms with van der Waals surface area (Å²) < 4.78 is 5.47. The van der Waals surface area contributed by atoms with Gasteiger partial charge >= 0.3 is 5.97 Å². The number of carbonyl (C=O) groups is 2. The van der Waals surface area contributed by atoms with Crippen LogP contribution in [0.1, 0.15) is 44.2 Å². The monoisotopic (exact) mass is 420 g/mol. The molecule has 5 nitrogen and oxygen atoms in total. The molecule has 2 aliphatic rings. The number of amides is 1. The highest BCUT2D eigenvalue weighted by molar-refractivity contribution is 5.96. The van der Waals surface area contributed by atoms with Gasteiger partial charge in [0.2, 0.25) is 5.91 Å². The molecule has 0 radical (unpaired) electrons. The summed E-state index contributed by atoms with van der Waals surface area (Å²) >= 11 is 0. The van der Waals surface area contributed by atoms with Crippen molar-refractivity contribution in [3.8, 4) is 0 Å². The molecule has 0 bridgehead atoms. The first kappa shape index (κ1) is 21.6. The van der Waals surface area contributed by atoms with Gasteiger partial charge in [-0.3, -0.25) is 9.59 Å². The van der Waals surface area contributed by atoms with Crippen LogP contribution in [-0.4, -0.2) is 49.1 Å². The summed E-state index contributed by atoms with van der Waals surface area (Å²) in [5.41, 5.74) is 2.76. The normalized spacial score (nSPS) is 20.3. The Hall–Kier alpha value is -2.66. The molecular weight excluding hydrogens is 388 g/mol. The maximum Gasteiger partial charge on any atom is 0.316 e. The van der Waals surface area contributed by atoms with Crippen LogP contribution in [-0.2, 0) is 26.2 Å². The Morgan fingerprint density at radius 1 is 1.03 bits per heavy atom. The average Bonchev–Trinajstić information content (AvgIpc) is 3.14. The lowest BCUT2D eigenvalue weighted by Gasteiger charge is -2.40. The summed E-state index contributed by atoms with van der Waals surface area (Å²) in [5, 5.41) is 0. The summed E-state index contributed by atoms with van der Waals surface area (Å²) in [6.45, 7) is 6.65. The van der Waals surface area contributed by atoms with E-state index in [4.69, 9.17) is 4.74 Å². The van der Waals surface area contributed by atoms with Crippen LogP contribution in [0.5, 0.6) is 0 Å². The largest absolute Gasteiger partial charge is 0.465 e. The lowest BCUT2D eigenvalue weighted by molar-refractivity contribution is -0.152. The number of rotatable bonds is 6. The fourth-order valence-corrected chi connectivity index (χ4v) is 5.12. The minimum atomic E-state index is -0.583. The van der Waals surface area contributed by atoms with Crippen molar-refractivity contribution in [3.63, 3.8) is 0 Å². The molecule has 0 saturated carbocycles. The number of likely N-dealkylation sites (tertiary alicyclic amines) is 1. The topological polar surface area (TPSA) is 49.9 Å². The van der Waals surface area contributed by atoms with Gasteiger partial charge in [-0.25, -0.2) is 0 Å². The number of hydrogen-bond donors (Lipinski definition) is 0. The Morgan fingerprint density at radius 2 is 1.71 bits per heavy atom. The molecule has 2 aromatic carbocycles. The van der Waals surface area contributed by atoms with E-state index in [1.165, 1.54) is 5.56 Å². The van der Waals surface area contributed by atoms with Crippen LogP contribution in [0.3, 0.4) is 0 Å². The fourth-order valence-electron chi connectivity index (χ4n) is 5.12. The number of fused-ring (bicyclic) bond motifs is 1. The second-order valence-corrected chi connectivity index (χ2v) is 8.71. The van der Waals surface area contributed by atoms with E-state index in [-0.39, 0.29) is 17.9 Å².